The summed E-state index contributed by atoms with van der Waals surface area (Å²) in [5.74, 6) is 2.84. The zero-order valence-corrected chi connectivity index (χ0v) is 21.7. The summed E-state index contributed by atoms with van der Waals surface area (Å²) in [6.45, 7) is 6.82. The standard InChI is InChI=1S/C30H44N2O2/c1-4-7-9-10-11-13-29(33)34-27-17-15-25(16-18-27)30-31-22-26-21-24(14-19-28(26)32-30)20-23(6-3)12-8-5-2/h15-18,22-24H,4-14,19-21H2,1-3H3. The van der Waals surface area contributed by atoms with Gasteiger partial charge in [0.2, 0.25) is 0 Å². The first-order chi connectivity index (χ1) is 16.6. The van der Waals surface area contributed by atoms with Crippen molar-refractivity contribution in [3.63, 3.8) is 0 Å². The first-order valence-corrected chi connectivity index (χ1v) is 13.8. The van der Waals surface area contributed by atoms with Crippen molar-refractivity contribution < 1.29 is 9.53 Å². The molecule has 1 aliphatic carbocycles. The van der Waals surface area contributed by atoms with Crippen molar-refractivity contribution in [2.75, 3.05) is 0 Å². The monoisotopic (exact) mass is 464 g/mol. The predicted octanol–water partition coefficient (Wildman–Crippen LogP) is 8.12. The van der Waals surface area contributed by atoms with Gasteiger partial charge in [-0.25, -0.2) is 9.97 Å². The minimum atomic E-state index is -0.149. The number of carbonyl (C=O) groups excluding carboxylic acids is 1. The third-order valence-corrected chi connectivity index (χ3v) is 7.29. The van der Waals surface area contributed by atoms with E-state index in [0.29, 0.717) is 12.2 Å². The molecule has 0 spiro atoms. The molecule has 2 atom stereocenters. The van der Waals surface area contributed by atoms with E-state index < -0.39 is 0 Å². The number of rotatable bonds is 14. The highest BCUT2D eigenvalue weighted by Gasteiger charge is 2.23. The maximum Gasteiger partial charge on any atom is 0.311 e. The molecule has 4 nitrogen and oxygen atoms in total. The molecule has 4 heteroatoms. The molecule has 2 aromatic rings. The van der Waals surface area contributed by atoms with Crippen molar-refractivity contribution in [3.05, 3.63) is 41.7 Å². The topological polar surface area (TPSA) is 52.1 Å². The van der Waals surface area contributed by atoms with Gasteiger partial charge in [0.15, 0.2) is 5.82 Å². The number of fused-ring (bicyclic) bond motifs is 1. The molecular formula is C30H44N2O2. The second kappa shape index (κ2) is 14.2. The Bertz CT molecular complexity index is 878. The highest BCUT2D eigenvalue weighted by atomic mass is 16.5. The van der Waals surface area contributed by atoms with Gasteiger partial charge in [-0.05, 0) is 73.8 Å². The van der Waals surface area contributed by atoms with Crippen molar-refractivity contribution in [1.82, 2.24) is 9.97 Å². The first kappa shape index (κ1) is 26.4. The number of nitrogens with zero attached hydrogens (tertiary/aromatic N) is 2. The Morgan fingerprint density at radius 1 is 1.03 bits per heavy atom. The molecule has 0 saturated carbocycles. The third-order valence-electron chi connectivity index (χ3n) is 7.29. The van der Waals surface area contributed by atoms with Gasteiger partial charge in [0.1, 0.15) is 5.75 Å². The minimum Gasteiger partial charge on any atom is -0.427 e. The van der Waals surface area contributed by atoms with Crippen LogP contribution in [0.3, 0.4) is 0 Å². The highest BCUT2D eigenvalue weighted by molar-refractivity contribution is 5.72. The largest absolute Gasteiger partial charge is 0.427 e. The fraction of sp³-hybridized carbons (Fsp3) is 0.633. The second-order valence-electron chi connectivity index (χ2n) is 10.1. The summed E-state index contributed by atoms with van der Waals surface area (Å²) in [6, 6.07) is 7.61. The molecule has 186 valence electrons. The predicted molar refractivity (Wildman–Crippen MR) is 140 cm³/mol. The molecule has 2 unspecified atom stereocenters. The van der Waals surface area contributed by atoms with Crippen molar-refractivity contribution in [3.8, 4) is 17.1 Å². The van der Waals surface area contributed by atoms with Crippen LogP contribution in [0.25, 0.3) is 11.4 Å². The van der Waals surface area contributed by atoms with E-state index in [0.717, 1.165) is 48.9 Å². The van der Waals surface area contributed by atoms with Gasteiger partial charge >= 0.3 is 5.97 Å². The number of ether oxygens (including phenoxy) is 1. The highest BCUT2D eigenvalue weighted by Crippen LogP contribution is 2.32. The lowest BCUT2D eigenvalue weighted by atomic mass is 9.79. The van der Waals surface area contributed by atoms with Crippen LogP contribution in [-0.4, -0.2) is 15.9 Å². The van der Waals surface area contributed by atoms with Gasteiger partial charge in [-0.1, -0.05) is 72.1 Å². The van der Waals surface area contributed by atoms with Crippen molar-refractivity contribution >= 4 is 5.97 Å². The molecular weight excluding hydrogens is 420 g/mol. The van der Waals surface area contributed by atoms with Gasteiger partial charge in [0, 0.05) is 23.9 Å². The summed E-state index contributed by atoms with van der Waals surface area (Å²) in [5, 5.41) is 0. The minimum absolute atomic E-state index is 0.149. The van der Waals surface area contributed by atoms with Crippen LogP contribution in [-0.2, 0) is 17.6 Å². The zero-order valence-electron chi connectivity index (χ0n) is 21.7. The van der Waals surface area contributed by atoms with E-state index >= 15 is 0 Å². The van der Waals surface area contributed by atoms with E-state index in [1.165, 1.54) is 69.0 Å². The maximum atomic E-state index is 12.1. The molecule has 0 radical (unpaired) electrons. The quantitative estimate of drug-likeness (QED) is 0.161. The molecule has 0 fully saturated rings. The van der Waals surface area contributed by atoms with Gasteiger partial charge in [0.05, 0.1) is 0 Å². The van der Waals surface area contributed by atoms with Crippen molar-refractivity contribution in [2.24, 2.45) is 11.8 Å². The van der Waals surface area contributed by atoms with Crippen LogP contribution in [0.4, 0.5) is 0 Å². The van der Waals surface area contributed by atoms with Crippen LogP contribution in [0, 0.1) is 11.8 Å². The fourth-order valence-electron chi connectivity index (χ4n) is 5.10. The van der Waals surface area contributed by atoms with Crippen LogP contribution in [0.2, 0.25) is 0 Å². The Morgan fingerprint density at radius 3 is 2.53 bits per heavy atom. The Balaban J connectivity index is 1.52. The van der Waals surface area contributed by atoms with Crippen LogP contribution >= 0.6 is 0 Å². The first-order valence-electron chi connectivity index (χ1n) is 13.8. The lowest BCUT2D eigenvalue weighted by Gasteiger charge is -2.27. The fourth-order valence-corrected chi connectivity index (χ4v) is 5.10. The smallest absolute Gasteiger partial charge is 0.311 e. The summed E-state index contributed by atoms with van der Waals surface area (Å²) >= 11 is 0. The number of carbonyl (C=O) groups is 1. The van der Waals surface area contributed by atoms with Crippen LogP contribution in [0.15, 0.2) is 30.5 Å². The molecule has 1 aromatic heterocycles. The average Bonchev–Trinajstić information content (AvgIpc) is 2.86. The Kier molecular flexibility index (Phi) is 11.0. The van der Waals surface area contributed by atoms with E-state index in [1.807, 2.05) is 30.5 Å². The van der Waals surface area contributed by atoms with E-state index in [-0.39, 0.29) is 5.97 Å². The van der Waals surface area contributed by atoms with Crippen LogP contribution < -0.4 is 4.74 Å². The number of aromatic nitrogens is 2. The normalized spacial score (nSPS) is 16.1. The van der Waals surface area contributed by atoms with Gasteiger partial charge in [-0.15, -0.1) is 0 Å². The van der Waals surface area contributed by atoms with E-state index in [4.69, 9.17) is 9.72 Å². The molecule has 1 aliphatic rings. The molecule has 0 bridgehead atoms. The lowest BCUT2D eigenvalue weighted by molar-refractivity contribution is -0.134. The molecule has 0 aliphatic heterocycles. The second-order valence-corrected chi connectivity index (χ2v) is 10.1. The molecule has 0 N–H and O–H groups in total. The van der Waals surface area contributed by atoms with Crippen LogP contribution in [0.5, 0.6) is 5.75 Å². The number of hydrogen-bond acceptors (Lipinski definition) is 4. The Morgan fingerprint density at radius 2 is 1.79 bits per heavy atom. The van der Waals surface area contributed by atoms with Gasteiger partial charge in [-0.2, -0.15) is 0 Å². The number of aryl methyl sites for hydroxylation is 1. The van der Waals surface area contributed by atoms with E-state index in [2.05, 4.69) is 25.8 Å². The van der Waals surface area contributed by atoms with Crippen LogP contribution in [0.1, 0.15) is 109 Å². The number of unbranched alkanes of at least 4 members (excludes halogenated alkanes) is 5. The molecule has 0 saturated heterocycles. The Labute approximate surface area is 206 Å². The lowest BCUT2D eigenvalue weighted by Crippen LogP contribution is -2.19. The summed E-state index contributed by atoms with van der Waals surface area (Å²) < 4.78 is 5.50. The molecule has 1 aromatic carbocycles. The summed E-state index contributed by atoms with van der Waals surface area (Å²) in [5.41, 5.74) is 3.51. The maximum absolute atomic E-state index is 12.1. The summed E-state index contributed by atoms with van der Waals surface area (Å²) in [7, 11) is 0. The number of benzene rings is 1. The molecule has 3 rings (SSSR count). The van der Waals surface area contributed by atoms with Gasteiger partial charge in [-0.3, -0.25) is 4.79 Å². The summed E-state index contributed by atoms with van der Waals surface area (Å²) in [6.07, 6.45) is 18.2. The van der Waals surface area contributed by atoms with Crippen molar-refractivity contribution in [1.29, 1.82) is 0 Å². The average molecular weight is 465 g/mol. The SMILES string of the molecule is CCCCCCCC(=O)Oc1ccc(-c2ncc3c(n2)CCC(CC(CC)CCCC)C3)cc1. The van der Waals surface area contributed by atoms with Gasteiger partial charge < -0.3 is 4.74 Å². The number of esters is 1. The number of hydrogen-bond donors (Lipinski definition) is 0. The summed E-state index contributed by atoms with van der Waals surface area (Å²) in [4.78, 5) is 21.7. The Hall–Kier alpha value is -2.23. The zero-order chi connectivity index (χ0) is 24.2. The van der Waals surface area contributed by atoms with Gasteiger partial charge in [0.25, 0.3) is 0 Å². The van der Waals surface area contributed by atoms with E-state index in [1.54, 1.807) is 0 Å². The third kappa shape index (κ3) is 8.21. The van der Waals surface area contributed by atoms with Crippen molar-refractivity contribution in [2.45, 2.75) is 111 Å². The molecule has 1 heterocycles. The molecule has 0 amide bonds. The van der Waals surface area contributed by atoms with E-state index in [9.17, 15) is 4.79 Å². The molecule has 34 heavy (non-hydrogen) atoms.